The van der Waals surface area contributed by atoms with E-state index in [1.165, 1.54) is 0 Å². The number of carbonyl (C=O) groups excluding carboxylic acids is 1. The van der Waals surface area contributed by atoms with Gasteiger partial charge in [0, 0.05) is 11.4 Å². The van der Waals surface area contributed by atoms with Gasteiger partial charge in [0.2, 0.25) is 5.91 Å². The largest absolute Gasteiger partial charge is 0.399 e. The number of nitrogens with two attached hydrogens (primary N) is 1. The van der Waals surface area contributed by atoms with Crippen molar-refractivity contribution in [2.75, 3.05) is 30.9 Å². The van der Waals surface area contributed by atoms with E-state index in [2.05, 4.69) is 5.32 Å². The Morgan fingerprint density at radius 1 is 1.39 bits per heavy atom. The maximum absolute atomic E-state index is 11.5. The SMILES string of the molecule is CC(C)OCCOCC(=O)Nc1cccc(N)c1. The number of hydrogen-bond donors (Lipinski definition) is 2. The van der Waals surface area contributed by atoms with Crippen molar-refractivity contribution in [2.24, 2.45) is 0 Å². The molecule has 1 amide bonds. The molecule has 0 saturated carbocycles. The van der Waals surface area contributed by atoms with Crippen LogP contribution in [0.15, 0.2) is 24.3 Å². The summed E-state index contributed by atoms with van der Waals surface area (Å²) in [5, 5.41) is 2.70. The van der Waals surface area contributed by atoms with Crippen molar-refractivity contribution in [3.63, 3.8) is 0 Å². The number of rotatable bonds is 7. The summed E-state index contributed by atoms with van der Waals surface area (Å²) in [7, 11) is 0. The third-order valence-electron chi connectivity index (χ3n) is 2.08. The summed E-state index contributed by atoms with van der Waals surface area (Å²) < 4.78 is 10.5. The van der Waals surface area contributed by atoms with E-state index in [1.54, 1.807) is 24.3 Å². The lowest BCUT2D eigenvalue weighted by Gasteiger charge is -2.08. The van der Waals surface area contributed by atoms with Crippen LogP contribution < -0.4 is 11.1 Å². The van der Waals surface area contributed by atoms with E-state index < -0.39 is 0 Å². The Labute approximate surface area is 107 Å². The molecule has 0 atom stereocenters. The first-order chi connectivity index (χ1) is 8.58. The quantitative estimate of drug-likeness (QED) is 0.571. The number of ether oxygens (including phenoxy) is 2. The molecule has 100 valence electrons. The maximum atomic E-state index is 11.5. The van der Waals surface area contributed by atoms with Crippen molar-refractivity contribution >= 4 is 17.3 Å². The normalized spacial score (nSPS) is 10.6. The molecule has 1 rings (SSSR count). The summed E-state index contributed by atoms with van der Waals surface area (Å²) >= 11 is 0. The lowest BCUT2D eigenvalue weighted by Crippen LogP contribution is -2.20. The van der Waals surface area contributed by atoms with Gasteiger partial charge in [-0.25, -0.2) is 0 Å². The number of amides is 1. The Hall–Kier alpha value is -1.59. The number of nitrogen functional groups attached to an aromatic ring is 1. The Bertz CT molecular complexity index is 380. The van der Waals surface area contributed by atoms with Gasteiger partial charge in [-0.15, -0.1) is 0 Å². The highest BCUT2D eigenvalue weighted by atomic mass is 16.5. The van der Waals surface area contributed by atoms with Gasteiger partial charge >= 0.3 is 0 Å². The van der Waals surface area contributed by atoms with Crippen LogP contribution in [0.5, 0.6) is 0 Å². The van der Waals surface area contributed by atoms with Crippen LogP contribution in [0.4, 0.5) is 11.4 Å². The highest BCUT2D eigenvalue weighted by Gasteiger charge is 2.02. The van der Waals surface area contributed by atoms with E-state index in [9.17, 15) is 4.79 Å². The molecule has 0 fully saturated rings. The molecule has 18 heavy (non-hydrogen) atoms. The van der Waals surface area contributed by atoms with Crippen LogP contribution in [0.1, 0.15) is 13.8 Å². The zero-order valence-corrected chi connectivity index (χ0v) is 10.8. The molecule has 0 bridgehead atoms. The van der Waals surface area contributed by atoms with Crippen molar-refractivity contribution in [3.8, 4) is 0 Å². The Kier molecular flexibility index (Phi) is 6.18. The van der Waals surface area contributed by atoms with Crippen LogP contribution in [0, 0.1) is 0 Å². The number of benzene rings is 1. The van der Waals surface area contributed by atoms with E-state index in [4.69, 9.17) is 15.2 Å². The van der Waals surface area contributed by atoms with Gasteiger partial charge < -0.3 is 20.5 Å². The smallest absolute Gasteiger partial charge is 0.250 e. The summed E-state index contributed by atoms with van der Waals surface area (Å²) in [6.07, 6.45) is 0.176. The van der Waals surface area contributed by atoms with Gasteiger partial charge in [-0.2, -0.15) is 0 Å². The van der Waals surface area contributed by atoms with Gasteiger partial charge in [-0.1, -0.05) is 6.07 Å². The topological polar surface area (TPSA) is 73.6 Å². The van der Waals surface area contributed by atoms with E-state index in [1.807, 2.05) is 13.8 Å². The predicted molar refractivity (Wildman–Crippen MR) is 71.4 cm³/mol. The molecule has 0 aliphatic carbocycles. The summed E-state index contributed by atoms with van der Waals surface area (Å²) in [4.78, 5) is 11.5. The van der Waals surface area contributed by atoms with Crippen LogP contribution in [0.2, 0.25) is 0 Å². The van der Waals surface area contributed by atoms with Crippen LogP contribution in [-0.2, 0) is 14.3 Å². The van der Waals surface area contributed by atoms with Crippen LogP contribution >= 0.6 is 0 Å². The second kappa shape index (κ2) is 7.68. The van der Waals surface area contributed by atoms with Gasteiger partial charge in [0.05, 0.1) is 19.3 Å². The average Bonchev–Trinajstić information content (AvgIpc) is 2.28. The molecule has 0 saturated heterocycles. The second-order valence-electron chi connectivity index (χ2n) is 4.15. The highest BCUT2D eigenvalue weighted by Crippen LogP contribution is 2.11. The van der Waals surface area contributed by atoms with E-state index in [-0.39, 0.29) is 18.6 Å². The van der Waals surface area contributed by atoms with Crippen molar-refractivity contribution < 1.29 is 14.3 Å². The van der Waals surface area contributed by atoms with E-state index in [0.717, 1.165) is 0 Å². The third kappa shape index (κ3) is 6.22. The minimum absolute atomic E-state index is 0.0102. The molecule has 0 aliphatic rings. The van der Waals surface area contributed by atoms with Crippen molar-refractivity contribution in [3.05, 3.63) is 24.3 Å². The van der Waals surface area contributed by atoms with Crippen LogP contribution in [0.25, 0.3) is 0 Å². The van der Waals surface area contributed by atoms with Gasteiger partial charge in [0.15, 0.2) is 0 Å². The molecule has 3 N–H and O–H groups in total. The summed E-state index contributed by atoms with van der Waals surface area (Å²) in [6, 6.07) is 7.01. The average molecular weight is 252 g/mol. The number of nitrogens with one attached hydrogen (secondary N) is 1. The summed E-state index contributed by atoms with van der Waals surface area (Å²) in [5.74, 6) is -0.204. The Balaban J connectivity index is 2.18. The minimum atomic E-state index is -0.204. The molecule has 5 heteroatoms. The molecule has 1 aromatic carbocycles. The predicted octanol–water partition coefficient (Wildman–Crippen LogP) is 1.65. The fraction of sp³-hybridized carbons (Fsp3) is 0.462. The fourth-order valence-electron chi connectivity index (χ4n) is 1.32. The summed E-state index contributed by atoms with van der Waals surface area (Å²) in [5.41, 5.74) is 6.88. The van der Waals surface area contributed by atoms with Gasteiger partial charge in [0.25, 0.3) is 0 Å². The fourth-order valence-corrected chi connectivity index (χ4v) is 1.32. The number of hydrogen-bond acceptors (Lipinski definition) is 4. The number of carbonyl (C=O) groups is 1. The molecule has 1 aromatic rings. The molecule has 0 aromatic heterocycles. The number of anilines is 2. The van der Waals surface area contributed by atoms with Gasteiger partial charge in [0.1, 0.15) is 6.61 Å². The molecule has 0 radical (unpaired) electrons. The van der Waals surface area contributed by atoms with Crippen molar-refractivity contribution in [2.45, 2.75) is 20.0 Å². The molecule has 0 heterocycles. The first-order valence-corrected chi connectivity index (χ1v) is 5.92. The zero-order chi connectivity index (χ0) is 13.4. The molecular formula is C13H20N2O3. The second-order valence-corrected chi connectivity index (χ2v) is 4.15. The van der Waals surface area contributed by atoms with Crippen molar-refractivity contribution in [1.29, 1.82) is 0 Å². The molecule has 0 aliphatic heterocycles. The lowest BCUT2D eigenvalue weighted by molar-refractivity contribution is -0.121. The Morgan fingerprint density at radius 3 is 2.83 bits per heavy atom. The monoisotopic (exact) mass is 252 g/mol. The van der Waals surface area contributed by atoms with E-state index in [0.29, 0.717) is 24.6 Å². The Morgan fingerprint density at radius 2 is 2.17 bits per heavy atom. The molecule has 5 nitrogen and oxygen atoms in total. The standard InChI is InChI=1S/C13H20N2O3/c1-10(2)18-7-6-17-9-13(16)15-12-5-3-4-11(14)8-12/h3-5,8,10H,6-7,9,14H2,1-2H3,(H,15,16). The van der Waals surface area contributed by atoms with Crippen LogP contribution in [-0.4, -0.2) is 31.8 Å². The maximum Gasteiger partial charge on any atom is 0.250 e. The minimum Gasteiger partial charge on any atom is -0.399 e. The first kappa shape index (κ1) is 14.5. The van der Waals surface area contributed by atoms with Gasteiger partial charge in [-0.05, 0) is 32.0 Å². The molecular weight excluding hydrogens is 232 g/mol. The summed E-state index contributed by atoms with van der Waals surface area (Å²) in [6.45, 7) is 4.81. The lowest BCUT2D eigenvalue weighted by atomic mass is 10.3. The first-order valence-electron chi connectivity index (χ1n) is 5.92. The van der Waals surface area contributed by atoms with Crippen molar-refractivity contribution in [1.82, 2.24) is 0 Å². The zero-order valence-electron chi connectivity index (χ0n) is 10.8. The third-order valence-corrected chi connectivity index (χ3v) is 2.08. The molecule has 0 spiro atoms. The van der Waals surface area contributed by atoms with E-state index >= 15 is 0 Å². The highest BCUT2D eigenvalue weighted by molar-refractivity contribution is 5.92. The van der Waals surface area contributed by atoms with Gasteiger partial charge in [-0.3, -0.25) is 4.79 Å². The molecule has 0 unspecified atom stereocenters. The van der Waals surface area contributed by atoms with Crippen LogP contribution in [0.3, 0.4) is 0 Å².